The van der Waals surface area contributed by atoms with E-state index in [2.05, 4.69) is 10.6 Å². The van der Waals surface area contributed by atoms with Gasteiger partial charge in [-0.05, 0) is 32.2 Å². The molecule has 0 radical (unpaired) electrons. The Morgan fingerprint density at radius 2 is 1.38 bits per heavy atom. The average Bonchev–Trinajstić information content (AvgIpc) is 2.73. The molecule has 0 saturated heterocycles. The monoisotopic (exact) mass is 490 g/mol. The average molecular weight is 491 g/mol. The molecule has 0 spiro atoms. The van der Waals surface area contributed by atoms with Crippen molar-refractivity contribution in [2.24, 2.45) is 0 Å². The summed E-state index contributed by atoms with van der Waals surface area (Å²) in [5.74, 6) is -4.81. The molecule has 0 heterocycles. The molecule has 3 amide bonds. The molecule has 7 N–H and O–H groups in total. The van der Waals surface area contributed by atoms with Gasteiger partial charge < -0.3 is 41.3 Å². The van der Waals surface area contributed by atoms with E-state index in [-0.39, 0.29) is 19.3 Å². The van der Waals surface area contributed by atoms with Gasteiger partial charge >= 0.3 is 23.9 Å². The van der Waals surface area contributed by atoms with E-state index in [0.717, 1.165) is 13.0 Å². The summed E-state index contributed by atoms with van der Waals surface area (Å²) in [5, 5.41) is 36.7. The second kappa shape index (κ2) is 17.1. The van der Waals surface area contributed by atoms with Crippen LogP contribution < -0.4 is 21.3 Å². The zero-order valence-corrected chi connectivity index (χ0v) is 19.2. The lowest BCUT2D eigenvalue weighted by molar-refractivity contribution is -0.141. The third-order valence-corrected chi connectivity index (χ3v) is 4.50. The minimum absolute atomic E-state index is 0.201. The molecule has 3 atom stereocenters. The Labute approximate surface area is 196 Å². The van der Waals surface area contributed by atoms with E-state index in [9.17, 15) is 33.9 Å². The van der Waals surface area contributed by atoms with Crippen LogP contribution in [0.2, 0.25) is 0 Å². The molecule has 0 aromatic carbocycles. The molecule has 14 heteroatoms. The van der Waals surface area contributed by atoms with Crippen LogP contribution in [0.25, 0.3) is 0 Å². The van der Waals surface area contributed by atoms with Crippen LogP contribution in [0, 0.1) is 0 Å². The van der Waals surface area contributed by atoms with Gasteiger partial charge in [0.2, 0.25) is 5.91 Å². The van der Waals surface area contributed by atoms with Crippen LogP contribution in [0.5, 0.6) is 0 Å². The number of urea groups is 1. The second-order valence-electron chi connectivity index (χ2n) is 7.76. The van der Waals surface area contributed by atoms with Gasteiger partial charge in [0.25, 0.3) is 6.47 Å². The van der Waals surface area contributed by atoms with Crippen molar-refractivity contribution in [3.8, 4) is 0 Å². The van der Waals surface area contributed by atoms with Crippen molar-refractivity contribution in [1.82, 2.24) is 21.3 Å². The smallest absolute Gasteiger partial charge is 0.326 e. The lowest BCUT2D eigenvalue weighted by Gasteiger charge is -2.19. The van der Waals surface area contributed by atoms with Crippen LogP contribution in [0.3, 0.4) is 0 Å². The SMILES string of the molecule is CC(C)NCCCCC(NC(=O)CCC(NC(=O)NC(CCC(=O)O)C(=O)O)C(=O)O)OC=O. The maximum atomic E-state index is 12.2. The number of aliphatic carboxylic acids is 3. The number of carbonyl (C=O) groups is 6. The summed E-state index contributed by atoms with van der Waals surface area (Å²) in [7, 11) is 0. The Morgan fingerprint density at radius 1 is 0.824 bits per heavy atom. The highest BCUT2D eigenvalue weighted by molar-refractivity contribution is 5.86. The fraction of sp³-hybridized carbons (Fsp3) is 0.700. The number of rotatable bonds is 19. The quantitative estimate of drug-likeness (QED) is 0.0702. The van der Waals surface area contributed by atoms with Crippen LogP contribution in [0.15, 0.2) is 0 Å². The van der Waals surface area contributed by atoms with Gasteiger partial charge in [0.15, 0.2) is 6.23 Å². The molecule has 0 aromatic heterocycles. The Hall–Kier alpha value is -3.42. The number of unbranched alkanes of at least 4 members (excludes halogenated alkanes) is 1. The molecule has 0 aromatic rings. The standard InChI is InChI=1S/C20H34N4O10/c1-12(2)21-10-4-3-5-16(34-11-25)24-15(26)8-6-13(18(29)30)22-20(33)23-14(19(31)32)7-9-17(27)28/h11-14,16,21H,3-10H2,1-2H3,(H,24,26)(H,27,28)(H,29,30)(H,31,32)(H2,22,23,33). The number of carboxylic acid groups (broad SMARTS) is 3. The number of carboxylic acids is 3. The van der Waals surface area contributed by atoms with Gasteiger partial charge in [-0.1, -0.05) is 13.8 Å². The summed E-state index contributed by atoms with van der Waals surface area (Å²) in [4.78, 5) is 68.0. The number of ether oxygens (including phenoxy) is 1. The van der Waals surface area contributed by atoms with E-state index in [1.54, 1.807) is 0 Å². The van der Waals surface area contributed by atoms with E-state index in [1.165, 1.54) is 0 Å². The topological polar surface area (TPSA) is 220 Å². The van der Waals surface area contributed by atoms with Gasteiger partial charge in [-0.3, -0.25) is 14.4 Å². The van der Waals surface area contributed by atoms with Crippen LogP contribution >= 0.6 is 0 Å². The Morgan fingerprint density at radius 3 is 1.85 bits per heavy atom. The molecule has 194 valence electrons. The molecule has 0 saturated carbocycles. The molecule has 0 rings (SSSR count). The number of nitrogens with one attached hydrogen (secondary N) is 4. The first-order valence-electron chi connectivity index (χ1n) is 10.8. The molecule has 0 aliphatic carbocycles. The van der Waals surface area contributed by atoms with Gasteiger partial charge in [0.1, 0.15) is 12.1 Å². The van der Waals surface area contributed by atoms with Crippen molar-refractivity contribution in [3.05, 3.63) is 0 Å². The van der Waals surface area contributed by atoms with Crippen molar-refractivity contribution in [2.45, 2.75) is 83.1 Å². The summed E-state index contributed by atoms with van der Waals surface area (Å²) < 4.78 is 4.84. The van der Waals surface area contributed by atoms with Crippen molar-refractivity contribution in [1.29, 1.82) is 0 Å². The molecule has 0 aliphatic rings. The number of amides is 3. The van der Waals surface area contributed by atoms with Gasteiger partial charge in [-0.15, -0.1) is 0 Å². The van der Waals surface area contributed by atoms with Crippen molar-refractivity contribution in [2.75, 3.05) is 6.54 Å². The van der Waals surface area contributed by atoms with Crippen LogP contribution in [0.1, 0.15) is 58.8 Å². The molecule has 34 heavy (non-hydrogen) atoms. The third kappa shape index (κ3) is 15.4. The lowest BCUT2D eigenvalue weighted by Crippen LogP contribution is -2.51. The van der Waals surface area contributed by atoms with E-state index < -0.39 is 61.0 Å². The van der Waals surface area contributed by atoms with Gasteiger partial charge in [-0.2, -0.15) is 0 Å². The number of hydrogen-bond donors (Lipinski definition) is 7. The first-order chi connectivity index (χ1) is 16.0. The largest absolute Gasteiger partial charge is 0.481 e. The molecule has 14 nitrogen and oxygen atoms in total. The predicted octanol–water partition coefficient (Wildman–Crippen LogP) is -0.379. The van der Waals surface area contributed by atoms with Crippen LogP contribution in [-0.4, -0.2) is 82.5 Å². The maximum absolute atomic E-state index is 12.2. The van der Waals surface area contributed by atoms with Gasteiger partial charge in [0.05, 0.1) is 0 Å². The number of carbonyl (C=O) groups excluding carboxylic acids is 3. The molecule has 0 bridgehead atoms. The zero-order chi connectivity index (χ0) is 26.1. The summed E-state index contributed by atoms with van der Waals surface area (Å²) in [5.41, 5.74) is 0. The third-order valence-electron chi connectivity index (χ3n) is 4.50. The second-order valence-corrected chi connectivity index (χ2v) is 7.76. The van der Waals surface area contributed by atoms with E-state index in [0.29, 0.717) is 18.9 Å². The highest BCUT2D eigenvalue weighted by Gasteiger charge is 2.25. The van der Waals surface area contributed by atoms with Gasteiger partial charge in [0, 0.05) is 25.3 Å². The summed E-state index contributed by atoms with van der Waals surface area (Å²) >= 11 is 0. The van der Waals surface area contributed by atoms with Crippen molar-refractivity contribution >= 4 is 36.3 Å². The molecule has 0 aliphatic heterocycles. The molecule has 3 unspecified atom stereocenters. The first kappa shape index (κ1) is 30.6. The Balaban J connectivity index is 4.64. The maximum Gasteiger partial charge on any atom is 0.326 e. The van der Waals surface area contributed by atoms with Crippen LogP contribution in [-0.2, 0) is 28.7 Å². The Bertz CT molecular complexity index is 701. The van der Waals surface area contributed by atoms with E-state index in [1.807, 2.05) is 24.5 Å². The highest BCUT2D eigenvalue weighted by atomic mass is 16.5. The fourth-order valence-electron chi connectivity index (χ4n) is 2.75. The van der Waals surface area contributed by atoms with E-state index >= 15 is 0 Å². The Kier molecular flexibility index (Phi) is 15.4. The zero-order valence-electron chi connectivity index (χ0n) is 19.2. The minimum Gasteiger partial charge on any atom is -0.481 e. The first-order valence-corrected chi connectivity index (χ1v) is 10.8. The van der Waals surface area contributed by atoms with E-state index in [4.69, 9.17) is 14.9 Å². The minimum atomic E-state index is -1.54. The summed E-state index contributed by atoms with van der Waals surface area (Å²) in [6.07, 6.45) is -0.641. The molecule has 0 fully saturated rings. The van der Waals surface area contributed by atoms with Crippen molar-refractivity contribution < 1.29 is 48.8 Å². The summed E-state index contributed by atoms with van der Waals surface area (Å²) in [6.45, 7) is 4.97. The highest BCUT2D eigenvalue weighted by Crippen LogP contribution is 2.05. The summed E-state index contributed by atoms with van der Waals surface area (Å²) in [6, 6.07) is -3.86. The van der Waals surface area contributed by atoms with Crippen molar-refractivity contribution in [3.63, 3.8) is 0 Å². The molecular weight excluding hydrogens is 456 g/mol. The van der Waals surface area contributed by atoms with Crippen LogP contribution in [0.4, 0.5) is 4.79 Å². The lowest BCUT2D eigenvalue weighted by atomic mass is 10.1. The normalized spacial score (nSPS) is 13.3. The predicted molar refractivity (Wildman–Crippen MR) is 117 cm³/mol. The number of hydrogen-bond acceptors (Lipinski definition) is 8. The molecular formula is C20H34N4O10. The van der Waals surface area contributed by atoms with Gasteiger partial charge in [-0.25, -0.2) is 14.4 Å². The fourth-order valence-corrected chi connectivity index (χ4v) is 2.75.